The van der Waals surface area contributed by atoms with Crippen molar-refractivity contribution in [2.75, 3.05) is 4.90 Å². The van der Waals surface area contributed by atoms with E-state index in [0.717, 1.165) is 10.5 Å². The third-order valence-corrected chi connectivity index (χ3v) is 3.66. The molecule has 0 fully saturated rings. The van der Waals surface area contributed by atoms with Crippen LogP contribution in [0.1, 0.15) is 11.3 Å². The van der Waals surface area contributed by atoms with Gasteiger partial charge >= 0.3 is 6.09 Å². The quantitative estimate of drug-likeness (QED) is 0.758. The predicted octanol–water partition coefficient (Wildman–Crippen LogP) is 3.96. The van der Waals surface area contributed by atoms with Gasteiger partial charge in [-0.2, -0.15) is 0 Å². The number of aromatic nitrogens is 1. The average molecular weight is 324 g/mol. The molecule has 1 aromatic heterocycles. The van der Waals surface area contributed by atoms with Crippen molar-refractivity contribution in [3.63, 3.8) is 0 Å². The van der Waals surface area contributed by atoms with Crippen molar-refractivity contribution in [2.24, 2.45) is 0 Å². The minimum Gasteiger partial charge on any atom is -0.464 e. The predicted molar refractivity (Wildman–Crippen MR) is 89.2 cm³/mol. The maximum atomic E-state index is 11.9. The number of hydrogen-bond acceptors (Lipinski definition) is 4. The lowest BCUT2D eigenvalue weighted by Crippen LogP contribution is -2.24. The molecule has 122 valence electrons. The van der Waals surface area contributed by atoms with E-state index < -0.39 is 6.09 Å². The van der Waals surface area contributed by atoms with Gasteiger partial charge in [0.25, 0.3) is 0 Å². The minimum absolute atomic E-state index is 0.0617. The number of carbonyl (C=O) groups is 1. The summed E-state index contributed by atoms with van der Waals surface area (Å²) < 4.78 is 5.39. The first-order valence-electron chi connectivity index (χ1n) is 7.36. The molecule has 3 rings (SSSR count). The van der Waals surface area contributed by atoms with Gasteiger partial charge in [0, 0.05) is 5.56 Å². The van der Waals surface area contributed by atoms with E-state index >= 15 is 0 Å². The second kappa shape index (κ2) is 6.55. The van der Waals surface area contributed by atoms with Gasteiger partial charge in [0.05, 0.1) is 12.3 Å². The maximum absolute atomic E-state index is 11.9. The van der Waals surface area contributed by atoms with Crippen LogP contribution in [0.25, 0.3) is 11.3 Å². The zero-order chi connectivity index (χ0) is 17.1. The number of para-hydroxylation sites is 1. The van der Waals surface area contributed by atoms with Gasteiger partial charge in [0.1, 0.15) is 11.4 Å². The molecule has 0 radical (unpaired) electrons. The Labute approximate surface area is 138 Å². The molecule has 1 heterocycles. The normalized spacial score (nSPS) is 10.6. The molecule has 6 nitrogen and oxygen atoms in total. The number of anilines is 2. The topological polar surface area (TPSA) is 86.8 Å². The van der Waals surface area contributed by atoms with Crippen LogP contribution in [0.4, 0.5) is 16.2 Å². The lowest BCUT2D eigenvalue weighted by molar-refractivity contribution is 0.204. The van der Waals surface area contributed by atoms with Crippen molar-refractivity contribution in [1.29, 1.82) is 0 Å². The molecule has 6 heteroatoms. The molecule has 1 amide bonds. The number of rotatable bonds is 4. The van der Waals surface area contributed by atoms with Gasteiger partial charge in [0.15, 0.2) is 5.76 Å². The van der Waals surface area contributed by atoms with E-state index in [1.54, 1.807) is 55.5 Å². The molecule has 0 saturated carbocycles. The molecule has 0 aliphatic heterocycles. The minimum atomic E-state index is -1.12. The highest BCUT2D eigenvalue weighted by Gasteiger charge is 2.27. The van der Waals surface area contributed by atoms with Gasteiger partial charge in [-0.3, -0.25) is 0 Å². The van der Waals surface area contributed by atoms with Crippen LogP contribution in [-0.2, 0) is 6.61 Å². The van der Waals surface area contributed by atoms with Gasteiger partial charge in [-0.05, 0) is 24.6 Å². The third-order valence-electron chi connectivity index (χ3n) is 3.66. The van der Waals surface area contributed by atoms with Crippen LogP contribution in [0.2, 0.25) is 0 Å². The van der Waals surface area contributed by atoms with E-state index in [1.807, 2.05) is 6.07 Å². The molecule has 0 aliphatic carbocycles. The van der Waals surface area contributed by atoms with Crippen molar-refractivity contribution < 1.29 is 19.5 Å². The van der Waals surface area contributed by atoms with E-state index in [1.165, 1.54) is 0 Å². The molecule has 24 heavy (non-hydrogen) atoms. The number of benzene rings is 2. The largest absolute Gasteiger partial charge is 0.464 e. The number of carboxylic acid groups (broad SMARTS) is 1. The van der Waals surface area contributed by atoms with Crippen molar-refractivity contribution in [2.45, 2.75) is 13.5 Å². The van der Waals surface area contributed by atoms with Gasteiger partial charge < -0.3 is 14.7 Å². The molecule has 2 aromatic carbocycles. The molecule has 0 spiro atoms. The van der Waals surface area contributed by atoms with E-state index in [4.69, 9.17) is 9.63 Å². The monoisotopic (exact) mass is 324 g/mol. The highest BCUT2D eigenvalue weighted by Crippen LogP contribution is 2.38. The first-order valence-corrected chi connectivity index (χ1v) is 7.36. The summed E-state index contributed by atoms with van der Waals surface area (Å²) in [6.07, 6.45) is -1.12. The molecule has 0 bridgehead atoms. The van der Waals surface area contributed by atoms with Gasteiger partial charge in [-0.25, -0.2) is 9.69 Å². The molecule has 2 N–H and O–H groups in total. The number of aryl methyl sites for hydroxylation is 1. The Morgan fingerprint density at radius 2 is 1.79 bits per heavy atom. The SMILES string of the molecule is Cc1noc(-c2ccc(CO)cc2)c1N(C(=O)O)c1ccccc1. The zero-order valence-electron chi connectivity index (χ0n) is 13.0. The Hall–Kier alpha value is -3.12. The standard InChI is InChI=1S/C18H16N2O4/c1-12-16(20(18(22)23)15-5-3-2-4-6-15)17(24-19-12)14-9-7-13(11-21)8-10-14/h2-10,21H,11H2,1H3,(H,22,23). The van der Waals surface area contributed by atoms with Crippen molar-refractivity contribution in [1.82, 2.24) is 5.16 Å². The van der Waals surface area contributed by atoms with E-state index in [0.29, 0.717) is 28.4 Å². The van der Waals surface area contributed by atoms with Crippen molar-refractivity contribution >= 4 is 17.5 Å². The second-order valence-corrected chi connectivity index (χ2v) is 5.25. The number of amides is 1. The van der Waals surface area contributed by atoms with E-state index in [9.17, 15) is 9.90 Å². The fourth-order valence-electron chi connectivity index (χ4n) is 2.49. The number of nitrogens with zero attached hydrogens (tertiary/aromatic N) is 2. The molecule has 0 atom stereocenters. The van der Waals surface area contributed by atoms with Crippen molar-refractivity contribution in [3.05, 3.63) is 65.9 Å². The summed E-state index contributed by atoms with van der Waals surface area (Å²) in [7, 11) is 0. The summed E-state index contributed by atoms with van der Waals surface area (Å²) in [5.74, 6) is 0.364. The highest BCUT2D eigenvalue weighted by molar-refractivity contribution is 5.99. The van der Waals surface area contributed by atoms with Crippen molar-refractivity contribution in [3.8, 4) is 11.3 Å². The third kappa shape index (κ3) is 2.87. The lowest BCUT2D eigenvalue weighted by Gasteiger charge is -2.19. The number of aliphatic hydroxyl groups excluding tert-OH is 1. The molecular formula is C18H16N2O4. The van der Waals surface area contributed by atoms with Crippen LogP contribution in [0, 0.1) is 6.92 Å². The molecule has 0 unspecified atom stereocenters. The van der Waals surface area contributed by atoms with Crippen LogP contribution in [-0.4, -0.2) is 21.5 Å². The summed E-state index contributed by atoms with van der Waals surface area (Å²) in [4.78, 5) is 13.0. The second-order valence-electron chi connectivity index (χ2n) is 5.25. The number of aliphatic hydroxyl groups is 1. The van der Waals surface area contributed by atoms with Gasteiger partial charge in [-0.1, -0.05) is 47.6 Å². The summed E-state index contributed by atoms with van der Waals surface area (Å²) in [5.41, 5.74) is 2.80. The van der Waals surface area contributed by atoms with Crippen LogP contribution in [0.3, 0.4) is 0 Å². The summed E-state index contributed by atoms with van der Waals surface area (Å²) >= 11 is 0. The Kier molecular flexibility index (Phi) is 4.31. The van der Waals surface area contributed by atoms with Crippen LogP contribution in [0.5, 0.6) is 0 Å². The fraction of sp³-hybridized carbons (Fsp3) is 0.111. The average Bonchev–Trinajstić information content (AvgIpc) is 2.97. The van der Waals surface area contributed by atoms with Crippen LogP contribution >= 0.6 is 0 Å². The molecular weight excluding hydrogens is 308 g/mol. The fourth-order valence-corrected chi connectivity index (χ4v) is 2.49. The van der Waals surface area contributed by atoms with E-state index in [-0.39, 0.29) is 6.61 Å². The van der Waals surface area contributed by atoms with Crippen LogP contribution in [0.15, 0.2) is 59.1 Å². The Morgan fingerprint density at radius 1 is 1.12 bits per heavy atom. The maximum Gasteiger partial charge on any atom is 0.416 e. The first-order chi connectivity index (χ1) is 11.6. The Balaban J connectivity index is 2.13. The first kappa shape index (κ1) is 15.8. The summed E-state index contributed by atoms with van der Waals surface area (Å²) in [6, 6.07) is 15.8. The highest BCUT2D eigenvalue weighted by atomic mass is 16.5. The Morgan fingerprint density at radius 3 is 2.38 bits per heavy atom. The Bertz CT molecular complexity index is 841. The van der Waals surface area contributed by atoms with E-state index in [2.05, 4.69) is 5.16 Å². The van der Waals surface area contributed by atoms with Crippen LogP contribution < -0.4 is 4.90 Å². The zero-order valence-corrected chi connectivity index (χ0v) is 13.0. The summed E-state index contributed by atoms with van der Waals surface area (Å²) in [6.45, 7) is 1.64. The smallest absolute Gasteiger partial charge is 0.416 e. The van der Waals surface area contributed by atoms with Gasteiger partial charge in [0.2, 0.25) is 0 Å². The van der Waals surface area contributed by atoms with Gasteiger partial charge in [-0.15, -0.1) is 0 Å². The summed E-state index contributed by atoms with van der Waals surface area (Å²) in [5, 5.41) is 22.8. The molecule has 0 aliphatic rings. The molecule has 3 aromatic rings. The molecule has 0 saturated heterocycles. The number of hydrogen-bond donors (Lipinski definition) is 2. The lowest BCUT2D eigenvalue weighted by atomic mass is 10.1.